The van der Waals surface area contributed by atoms with E-state index in [0.717, 1.165) is 44.0 Å². The van der Waals surface area contributed by atoms with E-state index in [2.05, 4.69) is 42.6 Å². The van der Waals surface area contributed by atoms with Crippen LogP contribution in [0.25, 0.3) is 0 Å². The topological polar surface area (TPSA) is 49.0 Å². The fraction of sp³-hybridized carbons (Fsp3) is 0.750. The molecule has 0 unspecified atom stereocenters. The van der Waals surface area contributed by atoms with Gasteiger partial charge < -0.3 is 9.88 Å². The van der Waals surface area contributed by atoms with Crippen LogP contribution in [-0.4, -0.2) is 23.1 Å². The van der Waals surface area contributed by atoms with E-state index in [0.29, 0.717) is 11.8 Å². The summed E-state index contributed by atoms with van der Waals surface area (Å²) >= 11 is 0. The van der Waals surface area contributed by atoms with Crippen molar-refractivity contribution in [1.82, 2.24) is 9.97 Å². The largest absolute Gasteiger partial charge is 0.356 e. The van der Waals surface area contributed by atoms with Gasteiger partial charge in [0.05, 0.1) is 0 Å². The van der Waals surface area contributed by atoms with Gasteiger partial charge in [0.2, 0.25) is 0 Å². The summed E-state index contributed by atoms with van der Waals surface area (Å²) in [6, 6.07) is 1.62. The Kier molecular flexibility index (Phi) is 6.76. The Balaban J connectivity index is 2.89. The summed E-state index contributed by atoms with van der Waals surface area (Å²) < 4.78 is 0. The summed E-state index contributed by atoms with van der Waals surface area (Å²) in [5, 5.41) is 0. The fourth-order valence-electron chi connectivity index (χ4n) is 1.99. The third kappa shape index (κ3) is 5.76. The van der Waals surface area contributed by atoms with Crippen LogP contribution in [0, 0.1) is 11.8 Å². The molecule has 0 atom stereocenters. The Bertz CT molecular complexity index is 439. The van der Waals surface area contributed by atoms with Gasteiger partial charge in [0.15, 0.2) is 0 Å². The molecule has 0 bridgehead atoms. The first kappa shape index (κ1) is 16.7. The molecule has 0 aliphatic heterocycles. The second kappa shape index (κ2) is 8.08. The Morgan fingerprint density at radius 3 is 2.15 bits per heavy atom. The summed E-state index contributed by atoms with van der Waals surface area (Å²) in [7, 11) is 0. The number of H-pyrrole nitrogens is 1. The molecule has 4 nitrogen and oxygen atoms in total. The van der Waals surface area contributed by atoms with Gasteiger partial charge >= 0.3 is 0 Å². The van der Waals surface area contributed by atoms with Crippen LogP contribution in [-0.2, 0) is 6.42 Å². The maximum absolute atomic E-state index is 11.7. The number of anilines is 1. The molecule has 0 saturated carbocycles. The maximum Gasteiger partial charge on any atom is 0.252 e. The number of hydrogen-bond donors (Lipinski definition) is 1. The van der Waals surface area contributed by atoms with Crippen molar-refractivity contribution >= 4 is 5.82 Å². The third-order valence-electron chi connectivity index (χ3n) is 3.39. The molecule has 114 valence electrons. The molecule has 1 rings (SSSR count). The lowest BCUT2D eigenvalue weighted by atomic mass is 10.1. The van der Waals surface area contributed by atoms with Gasteiger partial charge in [-0.2, -0.15) is 0 Å². The smallest absolute Gasteiger partial charge is 0.252 e. The Labute approximate surface area is 122 Å². The normalized spacial score (nSPS) is 11.3. The van der Waals surface area contributed by atoms with Gasteiger partial charge in [0.25, 0.3) is 5.56 Å². The van der Waals surface area contributed by atoms with Gasteiger partial charge in [-0.05, 0) is 24.7 Å². The summed E-state index contributed by atoms with van der Waals surface area (Å²) in [6.07, 6.45) is 2.99. The van der Waals surface area contributed by atoms with E-state index < -0.39 is 0 Å². The van der Waals surface area contributed by atoms with Crippen molar-refractivity contribution in [3.63, 3.8) is 0 Å². The molecule has 0 spiro atoms. The van der Waals surface area contributed by atoms with Crippen LogP contribution < -0.4 is 10.5 Å². The molecule has 1 aromatic rings. The van der Waals surface area contributed by atoms with Crippen molar-refractivity contribution in [2.24, 2.45) is 11.8 Å². The van der Waals surface area contributed by atoms with E-state index in [1.165, 1.54) is 0 Å². The molecular formula is C16H29N3O. The van der Waals surface area contributed by atoms with Gasteiger partial charge in [-0.25, -0.2) is 4.98 Å². The van der Waals surface area contributed by atoms with Gasteiger partial charge in [-0.15, -0.1) is 0 Å². The standard InChI is InChI=1S/C16H29N3O/c1-6-14-17-15(11-16(20)18-14)19(9-7-12(2)3)10-8-13(4)5/h11-13H,6-10H2,1-5H3,(H,17,18,20). The first-order valence-corrected chi connectivity index (χ1v) is 7.77. The number of nitrogens with zero attached hydrogens (tertiary/aromatic N) is 2. The quantitative estimate of drug-likeness (QED) is 0.795. The number of aryl methyl sites for hydroxylation is 1. The van der Waals surface area contributed by atoms with E-state index in [1.54, 1.807) is 6.07 Å². The van der Waals surface area contributed by atoms with Crippen LogP contribution in [0.5, 0.6) is 0 Å². The van der Waals surface area contributed by atoms with Crippen molar-refractivity contribution in [1.29, 1.82) is 0 Å². The number of aromatic amines is 1. The molecular weight excluding hydrogens is 250 g/mol. The summed E-state index contributed by atoms with van der Waals surface area (Å²) in [5.74, 6) is 2.91. The minimum atomic E-state index is -0.0501. The number of aromatic nitrogens is 2. The van der Waals surface area contributed by atoms with E-state index >= 15 is 0 Å². The predicted molar refractivity (Wildman–Crippen MR) is 85.4 cm³/mol. The highest BCUT2D eigenvalue weighted by atomic mass is 16.1. The Morgan fingerprint density at radius 1 is 1.15 bits per heavy atom. The monoisotopic (exact) mass is 279 g/mol. The van der Waals surface area contributed by atoms with Gasteiger partial charge in [-0.3, -0.25) is 4.79 Å². The fourth-order valence-corrected chi connectivity index (χ4v) is 1.99. The number of rotatable bonds is 8. The highest BCUT2D eigenvalue weighted by Gasteiger charge is 2.11. The van der Waals surface area contributed by atoms with Crippen molar-refractivity contribution < 1.29 is 0 Å². The zero-order valence-electron chi connectivity index (χ0n) is 13.6. The van der Waals surface area contributed by atoms with Crippen LogP contribution in [0.1, 0.15) is 53.3 Å². The second-order valence-electron chi connectivity index (χ2n) is 6.26. The Hall–Kier alpha value is -1.32. The highest BCUT2D eigenvalue weighted by molar-refractivity contribution is 5.37. The molecule has 0 radical (unpaired) electrons. The lowest BCUT2D eigenvalue weighted by Gasteiger charge is -2.25. The van der Waals surface area contributed by atoms with E-state index in [-0.39, 0.29) is 5.56 Å². The SMILES string of the molecule is CCc1nc(N(CCC(C)C)CCC(C)C)cc(=O)[nH]1. The summed E-state index contributed by atoms with van der Waals surface area (Å²) in [6.45, 7) is 12.8. The molecule has 0 fully saturated rings. The van der Waals surface area contributed by atoms with Gasteiger partial charge in [0, 0.05) is 25.6 Å². The second-order valence-corrected chi connectivity index (χ2v) is 6.26. The molecule has 1 aromatic heterocycles. The molecule has 0 aliphatic rings. The van der Waals surface area contributed by atoms with E-state index in [9.17, 15) is 4.79 Å². The van der Waals surface area contributed by atoms with Crippen molar-refractivity contribution in [2.45, 2.75) is 53.9 Å². The molecule has 4 heteroatoms. The molecule has 0 aromatic carbocycles. The zero-order valence-corrected chi connectivity index (χ0v) is 13.6. The first-order chi connectivity index (χ1) is 9.42. The van der Waals surface area contributed by atoms with Gasteiger partial charge in [0.1, 0.15) is 11.6 Å². The third-order valence-corrected chi connectivity index (χ3v) is 3.39. The van der Waals surface area contributed by atoms with Crippen molar-refractivity contribution in [2.75, 3.05) is 18.0 Å². The average Bonchev–Trinajstić information content (AvgIpc) is 2.37. The highest BCUT2D eigenvalue weighted by Crippen LogP contribution is 2.14. The molecule has 20 heavy (non-hydrogen) atoms. The van der Waals surface area contributed by atoms with Crippen LogP contribution >= 0.6 is 0 Å². The van der Waals surface area contributed by atoms with Crippen LogP contribution in [0.3, 0.4) is 0 Å². The minimum absolute atomic E-state index is 0.0501. The van der Waals surface area contributed by atoms with Crippen molar-refractivity contribution in [3.8, 4) is 0 Å². The minimum Gasteiger partial charge on any atom is -0.356 e. The van der Waals surface area contributed by atoms with Crippen LogP contribution in [0.4, 0.5) is 5.82 Å². The Morgan fingerprint density at radius 2 is 1.70 bits per heavy atom. The zero-order chi connectivity index (χ0) is 15.1. The summed E-state index contributed by atoms with van der Waals surface area (Å²) in [4.78, 5) is 21.4. The predicted octanol–water partition coefficient (Wildman–Crippen LogP) is 3.23. The number of hydrogen-bond acceptors (Lipinski definition) is 3. The number of nitrogens with one attached hydrogen (secondary N) is 1. The lowest BCUT2D eigenvalue weighted by Crippen LogP contribution is -2.30. The van der Waals surface area contributed by atoms with E-state index in [4.69, 9.17) is 0 Å². The summed E-state index contributed by atoms with van der Waals surface area (Å²) in [5.41, 5.74) is -0.0501. The van der Waals surface area contributed by atoms with Gasteiger partial charge in [-0.1, -0.05) is 34.6 Å². The lowest BCUT2D eigenvalue weighted by molar-refractivity contribution is 0.532. The van der Waals surface area contributed by atoms with Crippen molar-refractivity contribution in [3.05, 3.63) is 22.2 Å². The molecule has 0 aliphatic carbocycles. The molecule has 1 N–H and O–H groups in total. The van der Waals surface area contributed by atoms with Crippen LogP contribution in [0.2, 0.25) is 0 Å². The first-order valence-electron chi connectivity index (χ1n) is 7.77. The molecule has 0 amide bonds. The van der Waals surface area contributed by atoms with Crippen LogP contribution in [0.15, 0.2) is 10.9 Å². The maximum atomic E-state index is 11.7. The van der Waals surface area contributed by atoms with E-state index in [1.807, 2.05) is 6.92 Å². The average molecular weight is 279 g/mol. The molecule has 0 saturated heterocycles. The molecule has 1 heterocycles.